The second-order valence-electron chi connectivity index (χ2n) is 12.6. The van der Waals surface area contributed by atoms with Crippen LogP contribution in [0.1, 0.15) is 28.7 Å². The van der Waals surface area contributed by atoms with Crippen LogP contribution in [0.3, 0.4) is 0 Å². The smallest absolute Gasteiger partial charge is 0.410 e. The number of ether oxygens (including phenoxy) is 3. The van der Waals surface area contributed by atoms with Gasteiger partial charge in [0, 0.05) is 11.4 Å². The molecule has 0 saturated carbocycles. The predicted molar refractivity (Wildman–Crippen MR) is 201 cm³/mol. The standard InChI is InChI=1S/C42H37ClN2O6S/c43-35-22-13-23-37(28-35)50-30-36(44-25-27-49-39(44)47)24-26-51-41(29-31-14-5-1-6-15-31)38(46)45(40(48)52-41)42(32-16-7-2-8-17-32,33-18-9-3-10-19-33)34-20-11-4-12-21-34/h1-23,28,36H,24-27,29-30H2/t36-,41?/m1/s1. The summed E-state index contributed by atoms with van der Waals surface area (Å²) in [6.45, 7) is 0.861. The van der Waals surface area contributed by atoms with Gasteiger partial charge in [-0.2, -0.15) is 0 Å². The summed E-state index contributed by atoms with van der Waals surface area (Å²) in [7, 11) is 0. The van der Waals surface area contributed by atoms with Crippen LogP contribution in [0, 0.1) is 0 Å². The third kappa shape index (κ3) is 7.04. The van der Waals surface area contributed by atoms with Crippen LogP contribution in [0.25, 0.3) is 0 Å². The number of rotatable bonds is 14. The van der Waals surface area contributed by atoms with E-state index in [9.17, 15) is 9.59 Å². The first kappa shape index (κ1) is 35.3. The number of imide groups is 1. The maximum atomic E-state index is 15.4. The molecule has 2 aliphatic heterocycles. The summed E-state index contributed by atoms with van der Waals surface area (Å²) in [6.07, 6.45) is 0.0172. The Morgan fingerprint density at radius 1 is 0.769 bits per heavy atom. The van der Waals surface area contributed by atoms with E-state index >= 15 is 4.79 Å². The second-order valence-corrected chi connectivity index (χ2v) is 14.2. The minimum Gasteiger partial charge on any atom is -0.491 e. The van der Waals surface area contributed by atoms with Crippen molar-refractivity contribution in [2.45, 2.75) is 29.4 Å². The summed E-state index contributed by atoms with van der Waals surface area (Å²) in [5.74, 6) is 0.101. The molecule has 264 valence electrons. The van der Waals surface area contributed by atoms with Gasteiger partial charge in [-0.1, -0.05) is 139 Å². The van der Waals surface area contributed by atoms with Crippen molar-refractivity contribution in [1.29, 1.82) is 0 Å². The molecule has 2 aliphatic rings. The van der Waals surface area contributed by atoms with Crippen molar-refractivity contribution in [2.24, 2.45) is 0 Å². The van der Waals surface area contributed by atoms with Crippen molar-refractivity contribution in [3.05, 3.63) is 173 Å². The fraction of sp³-hybridized carbons (Fsp3) is 0.214. The average molecular weight is 733 g/mol. The van der Waals surface area contributed by atoms with Crippen molar-refractivity contribution >= 4 is 40.6 Å². The van der Waals surface area contributed by atoms with Crippen molar-refractivity contribution in [3.63, 3.8) is 0 Å². The highest BCUT2D eigenvalue weighted by molar-refractivity contribution is 8.15. The van der Waals surface area contributed by atoms with Crippen molar-refractivity contribution in [3.8, 4) is 5.75 Å². The summed E-state index contributed by atoms with van der Waals surface area (Å²) < 4.78 is 18.0. The van der Waals surface area contributed by atoms with Gasteiger partial charge in [0.05, 0.1) is 19.2 Å². The molecule has 0 spiro atoms. The van der Waals surface area contributed by atoms with E-state index in [0.717, 1.165) is 34.0 Å². The lowest BCUT2D eigenvalue weighted by atomic mass is 9.75. The molecular weight excluding hydrogens is 696 g/mol. The first-order valence-electron chi connectivity index (χ1n) is 17.1. The van der Waals surface area contributed by atoms with Crippen molar-refractivity contribution in [2.75, 3.05) is 26.4 Å². The van der Waals surface area contributed by atoms with E-state index in [4.69, 9.17) is 25.8 Å². The number of carbonyl (C=O) groups excluding carboxylic acids is 3. The SMILES string of the molecule is O=C1OCCN1[C@H](CCOC1(Cc2ccccc2)SC(=O)N(C(c2ccccc2)(c2ccccc2)c2ccccc2)C1=O)COc1cccc(Cl)c1. The molecule has 7 rings (SSSR count). The van der Waals surface area contributed by atoms with Gasteiger partial charge in [0.1, 0.15) is 24.5 Å². The topological polar surface area (TPSA) is 85.4 Å². The zero-order valence-corrected chi connectivity index (χ0v) is 29.9. The van der Waals surface area contributed by atoms with Crippen LogP contribution >= 0.6 is 23.4 Å². The van der Waals surface area contributed by atoms with E-state index in [-0.39, 0.29) is 26.2 Å². The highest BCUT2D eigenvalue weighted by Crippen LogP contribution is 2.52. The number of hydrogen-bond donors (Lipinski definition) is 0. The Balaban J connectivity index is 1.26. The fourth-order valence-corrected chi connectivity index (χ4v) is 8.33. The van der Waals surface area contributed by atoms with Gasteiger partial charge < -0.3 is 14.2 Å². The molecule has 5 aromatic rings. The summed E-state index contributed by atoms with van der Waals surface area (Å²) in [5.41, 5.74) is 1.81. The molecule has 0 aromatic heterocycles. The molecule has 1 unspecified atom stereocenters. The van der Waals surface area contributed by atoms with Gasteiger partial charge in [0.2, 0.25) is 4.93 Å². The van der Waals surface area contributed by atoms with Crippen molar-refractivity contribution in [1.82, 2.24) is 9.80 Å². The lowest BCUT2D eigenvalue weighted by Gasteiger charge is -2.42. The Labute approximate surface area is 312 Å². The molecule has 5 aromatic carbocycles. The highest BCUT2D eigenvalue weighted by atomic mass is 35.5. The monoisotopic (exact) mass is 732 g/mol. The molecule has 0 N–H and O–H groups in total. The quantitative estimate of drug-likeness (QED) is 0.106. The molecule has 0 aliphatic carbocycles. The molecule has 2 saturated heterocycles. The molecule has 2 heterocycles. The first-order chi connectivity index (χ1) is 25.4. The zero-order valence-electron chi connectivity index (χ0n) is 28.3. The number of nitrogens with zero attached hydrogens (tertiary/aromatic N) is 2. The van der Waals surface area contributed by atoms with Gasteiger partial charge in [-0.15, -0.1) is 0 Å². The number of amides is 3. The minimum atomic E-state index is -1.61. The van der Waals surface area contributed by atoms with Crippen LogP contribution in [-0.4, -0.2) is 64.4 Å². The van der Waals surface area contributed by atoms with Gasteiger partial charge in [0.15, 0.2) is 0 Å². The number of halogens is 1. The maximum absolute atomic E-state index is 15.4. The van der Waals surface area contributed by atoms with Gasteiger partial charge >= 0.3 is 6.09 Å². The van der Waals surface area contributed by atoms with E-state index in [2.05, 4.69) is 0 Å². The van der Waals surface area contributed by atoms with E-state index in [1.807, 2.05) is 121 Å². The predicted octanol–water partition coefficient (Wildman–Crippen LogP) is 8.57. The van der Waals surface area contributed by atoms with Crippen LogP contribution in [0.2, 0.25) is 5.02 Å². The van der Waals surface area contributed by atoms with Crippen LogP contribution in [-0.2, 0) is 26.2 Å². The lowest BCUT2D eigenvalue weighted by Crippen LogP contribution is -2.54. The fourth-order valence-electron chi connectivity index (χ4n) is 6.99. The van der Waals surface area contributed by atoms with Crippen LogP contribution < -0.4 is 4.74 Å². The number of cyclic esters (lactones) is 1. The summed E-state index contributed by atoms with van der Waals surface area (Å²) in [4.78, 5) is 44.2. The molecule has 52 heavy (non-hydrogen) atoms. The zero-order chi connectivity index (χ0) is 36.0. The molecule has 0 bridgehead atoms. The maximum Gasteiger partial charge on any atom is 0.410 e. The molecule has 2 atom stereocenters. The number of thioether (sulfide) groups is 1. The number of hydrogen-bond acceptors (Lipinski definition) is 7. The normalized spacial score (nSPS) is 18.1. The average Bonchev–Trinajstić information content (AvgIpc) is 3.71. The van der Waals surface area contributed by atoms with Gasteiger partial charge in [-0.05, 0) is 58.6 Å². The second kappa shape index (κ2) is 15.7. The Kier molecular flexibility index (Phi) is 10.6. The third-order valence-corrected chi connectivity index (χ3v) is 10.8. The number of carbonyl (C=O) groups is 3. The van der Waals surface area contributed by atoms with E-state index < -0.39 is 33.8 Å². The summed E-state index contributed by atoms with van der Waals surface area (Å²) >= 11 is 7.08. The minimum absolute atomic E-state index is 0.0507. The van der Waals surface area contributed by atoms with Crippen LogP contribution in [0.5, 0.6) is 5.75 Å². The Morgan fingerprint density at radius 3 is 1.88 bits per heavy atom. The van der Waals surface area contributed by atoms with Gasteiger partial charge in [-0.25, -0.2) is 4.79 Å². The summed E-state index contributed by atoms with van der Waals surface area (Å²) in [6, 6.07) is 45.1. The van der Waals surface area contributed by atoms with Gasteiger partial charge in [-0.3, -0.25) is 19.4 Å². The van der Waals surface area contributed by atoms with E-state index in [1.165, 1.54) is 4.90 Å². The Hall–Kier alpha value is -5.09. The Morgan fingerprint density at radius 2 is 1.35 bits per heavy atom. The largest absolute Gasteiger partial charge is 0.491 e. The molecule has 8 nitrogen and oxygen atoms in total. The number of benzene rings is 5. The van der Waals surface area contributed by atoms with Crippen LogP contribution in [0.4, 0.5) is 9.59 Å². The van der Waals surface area contributed by atoms with Crippen molar-refractivity contribution < 1.29 is 28.6 Å². The van der Waals surface area contributed by atoms with Gasteiger partial charge in [0.25, 0.3) is 11.1 Å². The van der Waals surface area contributed by atoms with Crippen LogP contribution in [0.15, 0.2) is 146 Å². The lowest BCUT2D eigenvalue weighted by molar-refractivity contribution is -0.145. The molecule has 10 heteroatoms. The van der Waals surface area contributed by atoms with E-state index in [1.54, 1.807) is 29.2 Å². The first-order valence-corrected chi connectivity index (χ1v) is 18.3. The van der Waals surface area contributed by atoms with E-state index in [0.29, 0.717) is 23.7 Å². The molecule has 3 amide bonds. The molecule has 0 radical (unpaired) electrons. The molecular formula is C42H37ClN2O6S. The summed E-state index contributed by atoms with van der Waals surface area (Å²) in [5, 5.41) is 0.103. The molecule has 2 fully saturated rings. The Bertz CT molecular complexity index is 1910. The third-order valence-electron chi connectivity index (χ3n) is 9.41. The highest BCUT2D eigenvalue weighted by Gasteiger charge is 2.61.